The highest BCUT2D eigenvalue weighted by Gasteiger charge is 2.30. The summed E-state index contributed by atoms with van der Waals surface area (Å²) in [6.07, 6.45) is 8.86. The Morgan fingerprint density at radius 3 is 2.71 bits per heavy atom. The minimum Gasteiger partial charge on any atom is -0.491 e. The van der Waals surface area contributed by atoms with E-state index < -0.39 is 0 Å². The summed E-state index contributed by atoms with van der Waals surface area (Å²) in [7, 11) is 1.72. The van der Waals surface area contributed by atoms with Gasteiger partial charge in [-0.2, -0.15) is 0 Å². The molecule has 0 amide bonds. The molecule has 0 bridgehead atoms. The van der Waals surface area contributed by atoms with E-state index in [0.717, 1.165) is 48.6 Å². The van der Waals surface area contributed by atoms with Gasteiger partial charge in [0.05, 0.1) is 11.8 Å². The number of methoxy groups -OCH3 is 1. The predicted molar refractivity (Wildman–Crippen MR) is 136 cm³/mol. The molecule has 0 N–H and O–H groups in total. The fourth-order valence-electron chi connectivity index (χ4n) is 5.38. The normalized spacial score (nSPS) is 21.2. The Bertz CT molecular complexity index is 1020. The lowest BCUT2D eigenvalue weighted by Crippen LogP contribution is -2.35. The van der Waals surface area contributed by atoms with Gasteiger partial charge in [-0.1, -0.05) is 13.0 Å². The summed E-state index contributed by atoms with van der Waals surface area (Å²) in [4.78, 5) is 6.90. The van der Waals surface area contributed by atoms with Gasteiger partial charge in [0, 0.05) is 44.7 Å². The lowest BCUT2D eigenvalue weighted by atomic mass is 10.0. The molecule has 34 heavy (non-hydrogen) atoms. The molecule has 0 aromatic heterocycles. The lowest BCUT2D eigenvalue weighted by molar-refractivity contribution is 0.0556. The van der Waals surface area contributed by atoms with Crippen molar-refractivity contribution in [3.63, 3.8) is 0 Å². The zero-order valence-corrected chi connectivity index (χ0v) is 20.4. The van der Waals surface area contributed by atoms with Gasteiger partial charge in [0.2, 0.25) is 0 Å². The van der Waals surface area contributed by atoms with Crippen molar-refractivity contribution < 1.29 is 13.9 Å². The van der Waals surface area contributed by atoms with E-state index in [2.05, 4.69) is 39.8 Å². The van der Waals surface area contributed by atoms with Crippen LogP contribution in [0.4, 0.5) is 15.8 Å². The number of hydrogen-bond acceptors (Lipinski definition) is 5. The summed E-state index contributed by atoms with van der Waals surface area (Å²) in [6.45, 7) is 7.60. The number of hydrogen-bond donors (Lipinski definition) is 0. The second kappa shape index (κ2) is 10.4. The Balaban J connectivity index is 1.23. The summed E-state index contributed by atoms with van der Waals surface area (Å²) in [6, 6.07) is 12.4. The average molecular weight is 466 g/mol. The Morgan fingerprint density at radius 1 is 1.09 bits per heavy atom. The van der Waals surface area contributed by atoms with Crippen LogP contribution in [0.15, 0.2) is 42.6 Å². The number of halogens is 1. The number of ether oxygens (including phenoxy) is 2. The largest absolute Gasteiger partial charge is 0.491 e. The second-order valence-corrected chi connectivity index (χ2v) is 9.65. The van der Waals surface area contributed by atoms with Crippen molar-refractivity contribution >= 4 is 17.5 Å². The molecule has 1 unspecified atom stereocenters. The van der Waals surface area contributed by atoms with Gasteiger partial charge in [-0.05, 0) is 86.3 Å². The molecule has 3 heterocycles. The highest BCUT2D eigenvalue weighted by atomic mass is 19.1. The van der Waals surface area contributed by atoms with Crippen LogP contribution in [-0.2, 0) is 11.3 Å². The first-order chi connectivity index (χ1) is 16.6. The van der Waals surface area contributed by atoms with Crippen molar-refractivity contribution in [2.75, 3.05) is 49.7 Å². The number of fused-ring (bicyclic) bond motifs is 1. The van der Waals surface area contributed by atoms with E-state index in [1.165, 1.54) is 31.5 Å². The van der Waals surface area contributed by atoms with Crippen LogP contribution in [0.2, 0.25) is 0 Å². The molecule has 2 fully saturated rings. The number of rotatable bonds is 8. The zero-order valence-electron chi connectivity index (χ0n) is 20.4. The van der Waals surface area contributed by atoms with Gasteiger partial charge in [0.1, 0.15) is 18.2 Å². The Labute approximate surface area is 202 Å². The first-order valence-electron chi connectivity index (χ1n) is 12.7. The van der Waals surface area contributed by atoms with E-state index in [1.807, 2.05) is 24.4 Å². The monoisotopic (exact) mass is 465 g/mol. The van der Waals surface area contributed by atoms with Crippen LogP contribution >= 0.6 is 0 Å². The molecule has 3 aliphatic rings. The van der Waals surface area contributed by atoms with E-state index in [-0.39, 0.29) is 11.9 Å². The maximum atomic E-state index is 15.2. The molecule has 0 saturated carbocycles. The van der Waals surface area contributed by atoms with E-state index in [9.17, 15) is 0 Å². The highest BCUT2D eigenvalue weighted by molar-refractivity contribution is 5.67. The van der Waals surface area contributed by atoms with Gasteiger partial charge >= 0.3 is 0 Å². The van der Waals surface area contributed by atoms with Crippen LogP contribution in [0.3, 0.4) is 0 Å². The molecule has 2 saturated heterocycles. The second-order valence-electron chi connectivity index (χ2n) is 9.65. The molecule has 2 aromatic carbocycles. The molecule has 6 heteroatoms. The summed E-state index contributed by atoms with van der Waals surface area (Å²) >= 11 is 0. The van der Waals surface area contributed by atoms with Crippen molar-refractivity contribution in [3.05, 3.63) is 59.5 Å². The third kappa shape index (κ3) is 4.93. The molecular weight excluding hydrogens is 429 g/mol. The van der Waals surface area contributed by atoms with Gasteiger partial charge in [-0.25, -0.2) is 4.39 Å². The van der Waals surface area contributed by atoms with E-state index in [0.29, 0.717) is 19.2 Å². The van der Waals surface area contributed by atoms with Gasteiger partial charge in [0.15, 0.2) is 0 Å². The summed E-state index contributed by atoms with van der Waals surface area (Å²) in [5.74, 6) is 0.715. The molecule has 0 aliphatic carbocycles. The predicted octanol–water partition coefficient (Wildman–Crippen LogP) is 5.29. The third-order valence-corrected chi connectivity index (χ3v) is 7.54. The van der Waals surface area contributed by atoms with Crippen LogP contribution in [0.1, 0.15) is 43.7 Å². The van der Waals surface area contributed by atoms with Crippen LogP contribution in [0, 0.1) is 5.82 Å². The van der Waals surface area contributed by atoms with Crippen LogP contribution in [0.5, 0.6) is 5.75 Å². The van der Waals surface area contributed by atoms with Crippen molar-refractivity contribution in [2.45, 2.75) is 51.3 Å². The smallest absolute Gasteiger partial charge is 0.148 e. The SMILES string of the molecule is CCC(COc1ccc2c(c1)C=CN(c1ccc(N3CC[C@@H](N4CCCC4)C3)c(F)c1)C2)OC. The Morgan fingerprint density at radius 2 is 1.94 bits per heavy atom. The lowest BCUT2D eigenvalue weighted by Gasteiger charge is -2.28. The van der Waals surface area contributed by atoms with E-state index in [1.54, 1.807) is 13.2 Å². The molecule has 2 aromatic rings. The molecule has 5 rings (SSSR count). The van der Waals surface area contributed by atoms with E-state index in [4.69, 9.17) is 9.47 Å². The average Bonchev–Trinajstić information content (AvgIpc) is 3.57. The maximum absolute atomic E-state index is 15.2. The van der Waals surface area contributed by atoms with Crippen molar-refractivity contribution in [2.24, 2.45) is 0 Å². The van der Waals surface area contributed by atoms with Crippen LogP contribution in [0.25, 0.3) is 6.08 Å². The fourth-order valence-corrected chi connectivity index (χ4v) is 5.38. The van der Waals surface area contributed by atoms with Crippen molar-refractivity contribution in [1.82, 2.24) is 4.90 Å². The minimum atomic E-state index is -0.133. The third-order valence-electron chi connectivity index (χ3n) is 7.54. The topological polar surface area (TPSA) is 28.2 Å². The summed E-state index contributed by atoms with van der Waals surface area (Å²) in [5.41, 5.74) is 3.95. The number of benzene rings is 2. The number of likely N-dealkylation sites (tertiary alicyclic amines) is 1. The first kappa shape index (κ1) is 23.2. The Kier molecular flexibility index (Phi) is 7.07. The standard InChI is InChI=1S/C28H36FN3O2/c1-3-25(33-2)20-34-26-8-6-22-18-31(14-10-21(22)16-26)23-7-9-28(27(29)17-23)32-15-11-24(19-32)30-12-4-5-13-30/h6-10,14,16-17,24-25H,3-5,11-13,15,18-20H2,1-2H3/t24-,25?/m1/s1. The molecule has 2 atom stereocenters. The highest BCUT2D eigenvalue weighted by Crippen LogP contribution is 2.33. The number of anilines is 2. The molecule has 0 radical (unpaired) electrons. The van der Waals surface area contributed by atoms with Crippen molar-refractivity contribution in [3.8, 4) is 5.75 Å². The van der Waals surface area contributed by atoms with Crippen LogP contribution < -0.4 is 14.5 Å². The fraction of sp³-hybridized carbons (Fsp3) is 0.500. The van der Waals surface area contributed by atoms with E-state index >= 15 is 4.39 Å². The van der Waals surface area contributed by atoms with Gasteiger partial charge in [0.25, 0.3) is 0 Å². The first-order valence-corrected chi connectivity index (χ1v) is 12.7. The molecule has 0 spiro atoms. The van der Waals surface area contributed by atoms with Gasteiger partial charge < -0.3 is 19.3 Å². The Hall–Kier alpha value is -2.57. The summed E-state index contributed by atoms with van der Waals surface area (Å²) < 4.78 is 26.5. The number of nitrogens with zero attached hydrogens (tertiary/aromatic N) is 3. The molecular formula is C28H36FN3O2. The van der Waals surface area contributed by atoms with Gasteiger partial charge in [-0.3, -0.25) is 4.90 Å². The molecule has 182 valence electrons. The molecule has 3 aliphatic heterocycles. The quantitative estimate of drug-likeness (QED) is 0.528. The van der Waals surface area contributed by atoms with Crippen LogP contribution in [-0.4, -0.2) is 56.9 Å². The molecule has 5 nitrogen and oxygen atoms in total. The minimum absolute atomic E-state index is 0.103. The zero-order chi connectivity index (χ0) is 23.5. The summed E-state index contributed by atoms with van der Waals surface area (Å²) in [5, 5.41) is 0. The maximum Gasteiger partial charge on any atom is 0.148 e. The van der Waals surface area contributed by atoms with Crippen molar-refractivity contribution in [1.29, 1.82) is 0 Å². The van der Waals surface area contributed by atoms with Gasteiger partial charge in [-0.15, -0.1) is 0 Å².